The molecule has 14 heteroatoms. The van der Waals surface area contributed by atoms with E-state index in [9.17, 15) is 22.8 Å². The summed E-state index contributed by atoms with van der Waals surface area (Å²) in [5.41, 5.74) is 7.12. The Morgan fingerprint density at radius 2 is 1.90 bits per heavy atom. The quantitative estimate of drug-likeness (QED) is 0.370. The third-order valence-corrected chi connectivity index (χ3v) is 6.34. The van der Waals surface area contributed by atoms with Gasteiger partial charge in [0.2, 0.25) is 5.91 Å². The van der Waals surface area contributed by atoms with Gasteiger partial charge in [0.25, 0.3) is 5.91 Å². The summed E-state index contributed by atoms with van der Waals surface area (Å²) < 4.78 is 51.5. The highest BCUT2D eigenvalue weighted by Crippen LogP contribution is 2.33. The lowest BCUT2D eigenvalue weighted by atomic mass is 10.1. The van der Waals surface area contributed by atoms with Gasteiger partial charge in [-0.25, -0.2) is 14.6 Å². The summed E-state index contributed by atoms with van der Waals surface area (Å²) in [6.07, 6.45) is -2.56. The number of hydrogen-bond donors (Lipinski definition) is 2. The van der Waals surface area contributed by atoms with Gasteiger partial charge in [0.15, 0.2) is 0 Å². The predicted molar refractivity (Wildman–Crippen MR) is 138 cm³/mol. The molecule has 0 saturated carbocycles. The second-order valence-electron chi connectivity index (χ2n) is 8.95. The van der Waals surface area contributed by atoms with E-state index in [0.717, 1.165) is 18.3 Å². The number of amides is 2. The number of morpholine rings is 1. The van der Waals surface area contributed by atoms with Gasteiger partial charge >= 0.3 is 6.18 Å². The number of methoxy groups -OCH3 is 1. The van der Waals surface area contributed by atoms with E-state index < -0.39 is 23.8 Å². The van der Waals surface area contributed by atoms with Crippen molar-refractivity contribution in [3.05, 3.63) is 71.7 Å². The molecular formula is C26H24F3N7O4. The lowest BCUT2D eigenvalue weighted by molar-refractivity contribution is -0.143. The van der Waals surface area contributed by atoms with Gasteiger partial charge in [-0.3, -0.25) is 9.59 Å². The van der Waals surface area contributed by atoms with Gasteiger partial charge in [-0.05, 0) is 42.5 Å². The molecule has 0 unspecified atom stereocenters. The van der Waals surface area contributed by atoms with Crippen molar-refractivity contribution in [2.24, 2.45) is 0 Å². The summed E-state index contributed by atoms with van der Waals surface area (Å²) in [6.45, 7) is 0.988. The number of hydrogen-bond acceptors (Lipinski definition) is 8. The van der Waals surface area contributed by atoms with Crippen LogP contribution in [-0.4, -0.2) is 69.9 Å². The minimum atomic E-state index is -4.56. The van der Waals surface area contributed by atoms with E-state index in [1.165, 1.54) is 19.2 Å². The first kappa shape index (κ1) is 27.0. The number of pyridine rings is 2. The van der Waals surface area contributed by atoms with E-state index in [-0.39, 0.29) is 36.3 Å². The molecule has 3 aromatic heterocycles. The fourth-order valence-electron chi connectivity index (χ4n) is 4.41. The van der Waals surface area contributed by atoms with Crippen LogP contribution in [0.25, 0.3) is 16.6 Å². The van der Waals surface area contributed by atoms with Crippen LogP contribution in [-0.2, 0) is 20.4 Å². The van der Waals surface area contributed by atoms with Crippen LogP contribution in [0.3, 0.4) is 0 Å². The molecule has 11 nitrogen and oxygen atoms in total. The van der Waals surface area contributed by atoms with Crippen molar-refractivity contribution in [1.29, 1.82) is 0 Å². The molecule has 5 rings (SSSR count). The first-order chi connectivity index (χ1) is 19.2. The smallest absolute Gasteiger partial charge is 0.382 e. The Balaban J connectivity index is 1.42. The zero-order valence-corrected chi connectivity index (χ0v) is 21.2. The van der Waals surface area contributed by atoms with Crippen LogP contribution in [0.5, 0.6) is 0 Å². The Kier molecular flexibility index (Phi) is 7.36. The summed E-state index contributed by atoms with van der Waals surface area (Å²) in [5, 5.41) is 7.81. The van der Waals surface area contributed by atoms with Gasteiger partial charge in [-0.1, -0.05) is 0 Å². The average molecular weight is 556 g/mol. The number of nitrogens with one attached hydrogen (secondary N) is 1. The minimum Gasteiger partial charge on any atom is -0.382 e. The number of alkyl halides is 3. The largest absolute Gasteiger partial charge is 0.416 e. The van der Waals surface area contributed by atoms with E-state index in [4.69, 9.17) is 20.3 Å². The summed E-state index contributed by atoms with van der Waals surface area (Å²) in [6, 6.07) is 9.58. The Bertz CT molecular complexity index is 1560. The lowest BCUT2D eigenvalue weighted by Gasteiger charge is -2.32. The number of rotatable bonds is 6. The number of anilines is 2. The maximum absolute atomic E-state index is 13.0. The zero-order chi connectivity index (χ0) is 28.4. The number of halogens is 3. The van der Waals surface area contributed by atoms with Gasteiger partial charge in [0.05, 0.1) is 24.4 Å². The second kappa shape index (κ2) is 10.9. The second-order valence-corrected chi connectivity index (χ2v) is 8.95. The van der Waals surface area contributed by atoms with Crippen molar-refractivity contribution in [1.82, 2.24) is 24.6 Å². The number of carbonyl (C=O) groups is 2. The first-order valence-electron chi connectivity index (χ1n) is 12.1. The normalized spacial score (nSPS) is 15.8. The van der Waals surface area contributed by atoms with Crippen LogP contribution in [0.1, 0.15) is 27.7 Å². The molecule has 0 aliphatic carbocycles. The molecule has 0 spiro atoms. The Labute approximate surface area is 225 Å². The molecule has 1 fully saturated rings. The third kappa shape index (κ3) is 5.44. The van der Waals surface area contributed by atoms with Gasteiger partial charge in [0.1, 0.15) is 35.6 Å². The van der Waals surface area contributed by atoms with E-state index in [0.29, 0.717) is 35.4 Å². The number of nitrogens with two attached hydrogens (primary N) is 1. The summed E-state index contributed by atoms with van der Waals surface area (Å²) >= 11 is 0. The Morgan fingerprint density at radius 1 is 1.15 bits per heavy atom. The maximum Gasteiger partial charge on any atom is 0.416 e. The minimum absolute atomic E-state index is 0.0392. The molecule has 4 aromatic rings. The predicted octanol–water partition coefficient (Wildman–Crippen LogP) is 3.22. The van der Waals surface area contributed by atoms with Crippen molar-refractivity contribution in [2.75, 3.05) is 44.5 Å². The average Bonchev–Trinajstić information content (AvgIpc) is 3.34. The number of carbonyl (C=O) groups excluding carboxylic acids is 2. The number of fused-ring (bicyclic) bond motifs is 1. The molecule has 4 heterocycles. The lowest BCUT2D eigenvalue weighted by Crippen LogP contribution is -2.43. The van der Waals surface area contributed by atoms with Gasteiger partial charge in [0, 0.05) is 37.0 Å². The number of nitrogen functional groups attached to an aromatic ring is 1. The van der Waals surface area contributed by atoms with Crippen molar-refractivity contribution in [2.45, 2.75) is 12.3 Å². The summed E-state index contributed by atoms with van der Waals surface area (Å²) in [4.78, 5) is 34.7. The van der Waals surface area contributed by atoms with Crippen molar-refractivity contribution >= 4 is 34.4 Å². The monoisotopic (exact) mass is 555 g/mol. The Hall–Kier alpha value is -4.56. The highest BCUT2D eigenvalue weighted by atomic mass is 19.4. The fourth-order valence-corrected chi connectivity index (χ4v) is 4.41. The SMILES string of the molecule is COCC(=O)N1CCO[C@@H](c2nn(-c3ccc(C(=O)Nc4cc(C(F)(F)F)ccn4)cc3)c3c(N)nccc23)C1. The molecule has 1 atom stereocenters. The van der Waals surface area contributed by atoms with E-state index in [1.54, 1.807) is 34.0 Å². The van der Waals surface area contributed by atoms with Crippen LogP contribution in [0, 0.1) is 0 Å². The van der Waals surface area contributed by atoms with Crippen LogP contribution in [0.2, 0.25) is 0 Å². The molecule has 208 valence electrons. The standard InChI is InChI=1S/C26H24F3N7O4/c1-39-14-21(37)35-10-11-40-19(13-35)22-18-7-9-32-24(30)23(18)36(34-22)17-4-2-15(3-5-17)25(38)33-20-12-16(6-8-31-20)26(27,28)29/h2-9,12,19H,10-11,13-14H2,1H3,(H2,30,32)(H,31,33,38)/t19-/m1/s1. The van der Waals surface area contributed by atoms with Crippen LogP contribution >= 0.6 is 0 Å². The van der Waals surface area contributed by atoms with Crippen molar-refractivity contribution in [3.8, 4) is 5.69 Å². The highest BCUT2D eigenvalue weighted by molar-refractivity contribution is 6.04. The number of nitrogens with zero attached hydrogens (tertiary/aromatic N) is 5. The first-order valence-corrected chi connectivity index (χ1v) is 12.1. The van der Waals surface area contributed by atoms with Gasteiger partial charge in [-0.2, -0.15) is 18.3 Å². The highest BCUT2D eigenvalue weighted by Gasteiger charge is 2.31. The molecule has 1 aliphatic heterocycles. The molecule has 0 bridgehead atoms. The van der Waals surface area contributed by atoms with Crippen LogP contribution in [0.15, 0.2) is 54.9 Å². The van der Waals surface area contributed by atoms with Crippen molar-refractivity contribution in [3.63, 3.8) is 0 Å². The number of aromatic nitrogens is 4. The number of benzene rings is 1. The van der Waals surface area contributed by atoms with E-state index in [1.807, 2.05) is 0 Å². The molecule has 0 radical (unpaired) electrons. The molecule has 1 saturated heterocycles. The van der Waals surface area contributed by atoms with E-state index in [2.05, 4.69) is 15.3 Å². The van der Waals surface area contributed by atoms with E-state index >= 15 is 0 Å². The van der Waals surface area contributed by atoms with Crippen molar-refractivity contribution < 1.29 is 32.2 Å². The molecule has 3 N–H and O–H groups in total. The molecule has 1 aromatic carbocycles. The molecule has 2 amide bonds. The molecule has 40 heavy (non-hydrogen) atoms. The zero-order valence-electron chi connectivity index (χ0n) is 21.2. The van der Waals surface area contributed by atoms with Gasteiger partial charge in [-0.15, -0.1) is 0 Å². The topological polar surface area (TPSA) is 137 Å². The number of ether oxygens (including phenoxy) is 2. The van der Waals surface area contributed by atoms with Gasteiger partial charge < -0.3 is 25.4 Å². The molecule has 1 aliphatic rings. The maximum atomic E-state index is 13.0. The Morgan fingerprint density at radius 3 is 2.62 bits per heavy atom. The molecular weight excluding hydrogens is 531 g/mol. The summed E-state index contributed by atoms with van der Waals surface area (Å²) in [5.74, 6) is -0.801. The third-order valence-electron chi connectivity index (χ3n) is 6.34. The summed E-state index contributed by atoms with van der Waals surface area (Å²) in [7, 11) is 1.46. The van der Waals surface area contributed by atoms with Crippen LogP contribution < -0.4 is 11.1 Å². The fraction of sp³-hybridized carbons (Fsp3) is 0.269. The van der Waals surface area contributed by atoms with Crippen LogP contribution in [0.4, 0.5) is 24.8 Å².